The van der Waals surface area contributed by atoms with Crippen molar-refractivity contribution in [2.75, 3.05) is 0 Å². The van der Waals surface area contributed by atoms with Gasteiger partial charge in [0.05, 0.1) is 6.10 Å². The molecule has 2 heteroatoms. The molecule has 3 N–H and O–H groups in total. The zero-order valence-corrected chi connectivity index (χ0v) is 8.06. The van der Waals surface area contributed by atoms with E-state index in [0.717, 1.165) is 12.8 Å². The predicted molar refractivity (Wildman–Crippen MR) is 55.1 cm³/mol. The molecular formula is C12H15NO. The van der Waals surface area contributed by atoms with Crippen LogP contribution in [0.5, 0.6) is 0 Å². The SMILES string of the molecule is N[C@H]1[C@@H]2c3ccccc3[C@H]1CC[C@@H]2O. The molecular weight excluding hydrogens is 174 g/mol. The highest BCUT2D eigenvalue weighted by Gasteiger charge is 2.45. The first-order valence-electron chi connectivity index (χ1n) is 5.31. The third kappa shape index (κ3) is 0.928. The van der Waals surface area contributed by atoms with E-state index >= 15 is 0 Å². The van der Waals surface area contributed by atoms with E-state index in [4.69, 9.17) is 5.73 Å². The van der Waals surface area contributed by atoms with Crippen LogP contribution in [0.2, 0.25) is 0 Å². The van der Waals surface area contributed by atoms with E-state index in [1.54, 1.807) is 0 Å². The zero-order valence-electron chi connectivity index (χ0n) is 8.06. The highest BCUT2D eigenvalue weighted by Crippen LogP contribution is 2.49. The van der Waals surface area contributed by atoms with Crippen molar-refractivity contribution in [3.63, 3.8) is 0 Å². The van der Waals surface area contributed by atoms with Gasteiger partial charge >= 0.3 is 0 Å². The molecule has 3 rings (SSSR count). The Morgan fingerprint density at radius 3 is 2.64 bits per heavy atom. The number of aliphatic hydroxyl groups excluding tert-OH is 1. The number of hydrogen-bond acceptors (Lipinski definition) is 2. The van der Waals surface area contributed by atoms with Crippen LogP contribution in [0.4, 0.5) is 0 Å². The zero-order chi connectivity index (χ0) is 9.71. The number of nitrogens with two attached hydrogens (primary N) is 1. The van der Waals surface area contributed by atoms with Gasteiger partial charge < -0.3 is 10.8 Å². The van der Waals surface area contributed by atoms with Crippen molar-refractivity contribution in [1.29, 1.82) is 0 Å². The normalized spacial score (nSPS) is 39.6. The van der Waals surface area contributed by atoms with E-state index < -0.39 is 0 Å². The summed E-state index contributed by atoms with van der Waals surface area (Å²) in [5.74, 6) is 0.671. The lowest BCUT2D eigenvalue weighted by molar-refractivity contribution is 0.0971. The van der Waals surface area contributed by atoms with Crippen molar-refractivity contribution in [1.82, 2.24) is 0 Å². The molecule has 0 radical (unpaired) electrons. The number of aliphatic hydroxyl groups is 1. The molecule has 74 valence electrons. The first-order valence-corrected chi connectivity index (χ1v) is 5.31. The minimum absolute atomic E-state index is 0.135. The molecule has 1 aromatic carbocycles. The van der Waals surface area contributed by atoms with Crippen molar-refractivity contribution >= 4 is 0 Å². The molecule has 4 atom stereocenters. The topological polar surface area (TPSA) is 46.2 Å². The van der Waals surface area contributed by atoms with Crippen molar-refractivity contribution in [2.24, 2.45) is 5.73 Å². The summed E-state index contributed by atoms with van der Waals surface area (Å²) in [5, 5.41) is 9.93. The molecule has 0 unspecified atom stereocenters. The van der Waals surface area contributed by atoms with E-state index in [-0.39, 0.29) is 18.1 Å². The van der Waals surface area contributed by atoms with Gasteiger partial charge in [-0.15, -0.1) is 0 Å². The van der Waals surface area contributed by atoms with E-state index in [0.29, 0.717) is 5.92 Å². The Bertz CT molecular complexity index is 363. The largest absolute Gasteiger partial charge is 0.392 e. The average Bonchev–Trinajstić information content (AvgIpc) is 2.37. The van der Waals surface area contributed by atoms with Crippen LogP contribution in [0.25, 0.3) is 0 Å². The maximum atomic E-state index is 9.93. The van der Waals surface area contributed by atoms with Gasteiger partial charge in [0.15, 0.2) is 0 Å². The van der Waals surface area contributed by atoms with E-state index in [9.17, 15) is 5.11 Å². The maximum Gasteiger partial charge on any atom is 0.0624 e. The molecule has 14 heavy (non-hydrogen) atoms. The fourth-order valence-electron chi connectivity index (χ4n) is 3.16. The lowest BCUT2D eigenvalue weighted by Gasteiger charge is -2.31. The van der Waals surface area contributed by atoms with Crippen molar-refractivity contribution in [3.8, 4) is 0 Å². The molecule has 2 aliphatic rings. The number of benzene rings is 1. The van der Waals surface area contributed by atoms with Gasteiger partial charge in [-0.2, -0.15) is 0 Å². The second kappa shape index (κ2) is 2.81. The van der Waals surface area contributed by atoms with Crippen LogP contribution >= 0.6 is 0 Å². The van der Waals surface area contributed by atoms with Crippen LogP contribution in [-0.4, -0.2) is 17.3 Å². The standard InChI is InChI=1S/C12H15NO/c13-12-9-5-6-10(14)11(12)8-4-2-1-3-7(8)9/h1-4,9-12,14H,5-6,13H2/t9-,10+,11-,12-/m1/s1. The van der Waals surface area contributed by atoms with Gasteiger partial charge in [-0.3, -0.25) is 0 Å². The van der Waals surface area contributed by atoms with Gasteiger partial charge in [0.2, 0.25) is 0 Å². The molecule has 2 aliphatic carbocycles. The fraction of sp³-hybridized carbons (Fsp3) is 0.500. The summed E-state index contributed by atoms with van der Waals surface area (Å²) in [5.41, 5.74) is 8.83. The Morgan fingerprint density at radius 2 is 1.86 bits per heavy atom. The van der Waals surface area contributed by atoms with Gasteiger partial charge in [-0.25, -0.2) is 0 Å². The highest BCUT2D eigenvalue weighted by atomic mass is 16.3. The van der Waals surface area contributed by atoms with Crippen LogP contribution in [0.1, 0.15) is 35.8 Å². The summed E-state index contributed by atoms with van der Waals surface area (Å²) in [6.07, 6.45) is 1.71. The number of hydrogen-bond donors (Lipinski definition) is 2. The Labute approximate surface area is 83.7 Å². The predicted octanol–water partition coefficient (Wildman–Crippen LogP) is 1.35. The molecule has 0 spiro atoms. The van der Waals surface area contributed by atoms with Crippen molar-refractivity contribution < 1.29 is 5.11 Å². The highest BCUT2D eigenvalue weighted by molar-refractivity contribution is 5.43. The molecule has 1 aromatic rings. The van der Waals surface area contributed by atoms with E-state index in [1.807, 2.05) is 6.07 Å². The molecule has 0 heterocycles. The van der Waals surface area contributed by atoms with Crippen molar-refractivity contribution in [2.45, 2.75) is 36.8 Å². The van der Waals surface area contributed by atoms with Gasteiger partial charge in [-0.1, -0.05) is 24.3 Å². The summed E-state index contributed by atoms with van der Waals surface area (Å²) in [6.45, 7) is 0. The van der Waals surface area contributed by atoms with Crippen LogP contribution in [-0.2, 0) is 0 Å². The Balaban J connectivity index is 2.16. The van der Waals surface area contributed by atoms with E-state index in [2.05, 4.69) is 18.2 Å². The van der Waals surface area contributed by atoms with Crippen molar-refractivity contribution in [3.05, 3.63) is 35.4 Å². The number of fused-ring (bicyclic) bond motifs is 5. The second-order valence-corrected chi connectivity index (χ2v) is 4.48. The van der Waals surface area contributed by atoms with Gasteiger partial charge in [0, 0.05) is 17.9 Å². The van der Waals surface area contributed by atoms with Gasteiger partial charge in [-0.05, 0) is 24.0 Å². The smallest absolute Gasteiger partial charge is 0.0624 e. The van der Waals surface area contributed by atoms with Crippen LogP contribution in [0.15, 0.2) is 24.3 Å². The minimum atomic E-state index is -0.232. The molecule has 0 aliphatic heterocycles. The van der Waals surface area contributed by atoms with Crippen LogP contribution < -0.4 is 5.73 Å². The quantitative estimate of drug-likeness (QED) is 0.647. The molecule has 0 amide bonds. The lowest BCUT2D eigenvalue weighted by atomic mass is 9.80. The minimum Gasteiger partial charge on any atom is -0.392 e. The Hall–Kier alpha value is -0.860. The molecule has 0 aromatic heterocycles. The fourth-order valence-corrected chi connectivity index (χ4v) is 3.16. The molecule has 1 fully saturated rings. The van der Waals surface area contributed by atoms with Gasteiger partial charge in [0.25, 0.3) is 0 Å². The third-order valence-electron chi connectivity index (χ3n) is 3.82. The summed E-state index contributed by atoms with van der Waals surface area (Å²) in [7, 11) is 0. The summed E-state index contributed by atoms with van der Waals surface area (Å²) >= 11 is 0. The van der Waals surface area contributed by atoms with Crippen LogP contribution in [0, 0.1) is 0 Å². The Morgan fingerprint density at radius 1 is 1.14 bits per heavy atom. The monoisotopic (exact) mass is 189 g/mol. The lowest BCUT2D eigenvalue weighted by Crippen LogP contribution is -2.39. The van der Waals surface area contributed by atoms with Crippen LogP contribution in [0.3, 0.4) is 0 Å². The molecule has 0 saturated heterocycles. The summed E-state index contributed by atoms with van der Waals surface area (Å²) in [6, 6.07) is 8.53. The van der Waals surface area contributed by atoms with E-state index in [1.165, 1.54) is 11.1 Å². The second-order valence-electron chi connectivity index (χ2n) is 4.48. The molecule has 2 bridgehead atoms. The Kier molecular flexibility index (Phi) is 1.70. The third-order valence-corrected chi connectivity index (χ3v) is 3.82. The first-order chi connectivity index (χ1) is 6.79. The maximum absolute atomic E-state index is 9.93. The average molecular weight is 189 g/mol. The molecule has 1 saturated carbocycles. The first kappa shape index (κ1) is 8.45. The van der Waals surface area contributed by atoms with Gasteiger partial charge in [0.1, 0.15) is 0 Å². The molecule has 2 nitrogen and oxygen atoms in total. The summed E-state index contributed by atoms with van der Waals surface area (Å²) in [4.78, 5) is 0. The summed E-state index contributed by atoms with van der Waals surface area (Å²) < 4.78 is 0. The number of rotatable bonds is 0.